The predicted molar refractivity (Wildman–Crippen MR) is 88.3 cm³/mol. The first-order chi connectivity index (χ1) is 11.5. The Kier molecular flexibility index (Phi) is 4.91. The number of aromatic nitrogens is 1. The van der Waals surface area contributed by atoms with Crippen molar-refractivity contribution in [2.75, 3.05) is 33.4 Å². The second kappa shape index (κ2) is 6.94. The number of aromatic amines is 1. The second-order valence-electron chi connectivity index (χ2n) is 6.57. The zero-order valence-electron chi connectivity index (χ0n) is 14.5. The van der Waals surface area contributed by atoms with Crippen molar-refractivity contribution in [1.29, 1.82) is 0 Å². The number of methoxy groups -OCH3 is 1. The summed E-state index contributed by atoms with van der Waals surface area (Å²) in [7, 11) is 1.33. The molecular weight excluding hydrogens is 310 g/mol. The summed E-state index contributed by atoms with van der Waals surface area (Å²) in [5.74, 6) is -0.658. The van der Waals surface area contributed by atoms with Crippen LogP contribution in [0.1, 0.15) is 44.9 Å². The van der Waals surface area contributed by atoms with Crippen LogP contribution in [-0.4, -0.2) is 67.3 Å². The molecule has 0 aliphatic carbocycles. The lowest BCUT2D eigenvalue weighted by Gasteiger charge is -2.35. The molecule has 2 N–H and O–H groups in total. The normalized spacial score (nSPS) is 23.8. The molecule has 0 spiro atoms. The average Bonchev–Trinajstić information content (AvgIpc) is 3.15. The first-order valence-corrected chi connectivity index (χ1v) is 8.42. The number of carbonyl (C=O) groups excluding carboxylic acids is 2. The molecule has 7 heteroatoms. The van der Waals surface area contributed by atoms with Crippen LogP contribution in [0.5, 0.6) is 0 Å². The van der Waals surface area contributed by atoms with Crippen LogP contribution in [0.4, 0.5) is 0 Å². The van der Waals surface area contributed by atoms with E-state index in [0.29, 0.717) is 35.1 Å². The van der Waals surface area contributed by atoms with Crippen LogP contribution in [0.15, 0.2) is 0 Å². The highest BCUT2D eigenvalue weighted by Gasteiger charge is 2.32. The second-order valence-corrected chi connectivity index (χ2v) is 6.57. The Morgan fingerprint density at radius 2 is 2.21 bits per heavy atom. The van der Waals surface area contributed by atoms with Crippen LogP contribution in [-0.2, 0) is 9.47 Å². The van der Waals surface area contributed by atoms with Crippen molar-refractivity contribution in [1.82, 2.24) is 15.2 Å². The predicted octanol–water partition coefficient (Wildman–Crippen LogP) is 1.01. The van der Waals surface area contributed by atoms with E-state index >= 15 is 0 Å². The number of hydrogen-bond donors (Lipinski definition) is 2. The Morgan fingerprint density at radius 1 is 1.42 bits per heavy atom. The monoisotopic (exact) mass is 335 g/mol. The maximum Gasteiger partial charge on any atom is 0.339 e. The van der Waals surface area contributed by atoms with Gasteiger partial charge in [-0.05, 0) is 38.8 Å². The molecule has 0 bridgehead atoms. The largest absolute Gasteiger partial charge is 0.465 e. The summed E-state index contributed by atoms with van der Waals surface area (Å²) in [4.78, 5) is 29.7. The zero-order chi connectivity index (χ0) is 17.3. The number of H-pyrrole nitrogens is 1. The molecule has 2 aliphatic rings. The molecule has 3 rings (SSSR count). The summed E-state index contributed by atoms with van der Waals surface area (Å²) in [6, 6.07) is 0.549. The molecular formula is C17H25N3O4. The molecule has 1 aromatic heterocycles. The summed E-state index contributed by atoms with van der Waals surface area (Å²) >= 11 is 0. The molecule has 24 heavy (non-hydrogen) atoms. The van der Waals surface area contributed by atoms with E-state index in [9.17, 15) is 9.59 Å². The van der Waals surface area contributed by atoms with Crippen molar-refractivity contribution >= 4 is 11.9 Å². The van der Waals surface area contributed by atoms with Crippen LogP contribution in [0, 0.1) is 13.8 Å². The average molecular weight is 335 g/mol. The number of rotatable bonds is 4. The van der Waals surface area contributed by atoms with E-state index in [-0.39, 0.29) is 12.0 Å². The van der Waals surface area contributed by atoms with Crippen LogP contribution in [0.25, 0.3) is 0 Å². The van der Waals surface area contributed by atoms with E-state index in [1.807, 2.05) is 0 Å². The molecule has 0 radical (unpaired) electrons. The molecule has 2 atom stereocenters. The third kappa shape index (κ3) is 3.18. The first-order valence-electron chi connectivity index (χ1n) is 8.42. The lowest BCUT2D eigenvalue weighted by atomic mass is 10.1. The third-order valence-electron chi connectivity index (χ3n) is 5.01. The van der Waals surface area contributed by atoms with Crippen LogP contribution >= 0.6 is 0 Å². The number of carbonyl (C=O) groups is 2. The Balaban J connectivity index is 1.60. The van der Waals surface area contributed by atoms with E-state index in [1.54, 1.807) is 13.8 Å². The molecule has 1 amide bonds. The molecule has 2 saturated heterocycles. The molecule has 2 fully saturated rings. The van der Waals surface area contributed by atoms with Crippen molar-refractivity contribution < 1.29 is 19.1 Å². The van der Waals surface area contributed by atoms with Gasteiger partial charge in [0.2, 0.25) is 0 Å². The number of ether oxygens (including phenoxy) is 2. The molecule has 1 aromatic rings. The topological polar surface area (TPSA) is 83.7 Å². The molecule has 132 valence electrons. The Labute approximate surface area is 141 Å². The molecule has 2 aliphatic heterocycles. The zero-order valence-corrected chi connectivity index (χ0v) is 14.5. The summed E-state index contributed by atoms with van der Waals surface area (Å²) in [6.45, 7) is 6.70. The van der Waals surface area contributed by atoms with Gasteiger partial charge >= 0.3 is 5.97 Å². The minimum absolute atomic E-state index is 0.0137. The lowest BCUT2D eigenvalue weighted by molar-refractivity contribution is -0.0462. The van der Waals surface area contributed by atoms with Crippen molar-refractivity contribution in [3.8, 4) is 0 Å². The number of hydrogen-bond acceptors (Lipinski definition) is 5. The quantitative estimate of drug-likeness (QED) is 0.803. The number of nitrogens with one attached hydrogen (secondary N) is 2. The van der Waals surface area contributed by atoms with Gasteiger partial charge in [-0.3, -0.25) is 9.69 Å². The van der Waals surface area contributed by atoms with Gasteiger partial charge in [0.15, 0.2) is 0 Å². The molecule has 0 unspecified atom stereocenters. The number of aryl methyl sites for hydroxylation is 1. The van der Waals surface area contributed by atoms with Crippen molar-refractivity contribution in [3.05, 3.63) is 22.5 Å². The maximum absolute atomic E-state index is 12.4. The fraction of sp³-hybridized carbons (Fsp3) is 0.647. The summed E-state index contributed by atoms with van der Waals surface area (Å²) < 4.78 is 10.6. The van der Waals surface area contributed by atoms with Gasteiger partial charge in [-0.2, -0.15) is 0 Å². The fourth-order valence-corrected chi connectivity index (χ4v) is 3.69. The van der Waals surface area contributed by atoms with Gasteiger partial charge in [0, 0.05) is 24.8 Å². The van der Waals surface area contributed by atoms with Crippen molar-refractivity contribution in [3.63, 3.8) is 0 Å². The van der Waals surface area contributed by atoms with Gasteiger partial charge in [-0.15, -0.1) is 0 Å². The Hall–Kier alpha value is -1.86. The number of nitrogens with zero attached hydrogens (tertiary/aromatic N) is 1. The maximum atomic E-state index is 12.4. The number of fused-ring (bicyclic) bond motifs is 1. The SMILES string of the molecule is COC(=O)c1c(C)[nH]c(C(=O)NC[C@H]2CN3CCC[C@H]3CO2)c1C. The highest BCUT2D eigenvalue weighted by molar-refractivity contribution is 6.00. The van der Waals surface area contributed by atoms with Crippen molar-refractivity contribution in [2.24, 2.45) is 0 Å². The standard InChI is InChI=1S/C17H25N3O4/c1-10-14(17(22)23-3)11(2)19-15(10)16(21)18-7-13-8-20-6-4-5-12(20)9-24-13/h12-13,19H,4-9H2,1-3H3,(H,18,21)/t12-,13-/m0/s1. The van der Waals surface area contributed by atoms with Gasteiger partial charge in [-0.25, -0.2) is 4.79 Å². The van der Waals surface area contributed by atoms with Crippen LogP contribution in [0.3, 0.4) is 0 Å². The first kappa shape index (κ1) is 17.0. The van der Waals surface area contributed by atoms with Gasteiger partial charge in [-0.1, -0.05) is 0 Å². The van der Waals surface area contributed by atoms with E-state index < -0.39 is 5.97 Å². The van der Waals surface area contributed by atoms with Gasteiger partial charge < -0.3 is 19.8 Å². The number of amides is 1. The Bertz CT molecular complexity index is 640. The van der Waals surface area contributed by atoms with E-state index in [1.165, 1.54) is 20.0 Å². The summed E-state index contributed by atoms with van der Waals surface area (Å²) in [5, 5.41) is 2.91. The number of morpholine rings is 1. The van der Waals surface area contributed by atoms with Gasteiger partial charge in [0.25, 0.3) is 5.91 Å². The molecule has 0 saturated carbocycles. The lowest BCUT2D eigenvalue weighted by Crippen LogP contribution is -2.50. The smallest absolute Gasteiger partial charge is 0.339 e. The highest BCUT2D eigenvalue weighted by Crippen LogP contribution is 2.22. The van der Waals surface area contributed by atoms with Gasteiger partial charge in [0.1, 0.15) is 5.69 Å². The van der Waals surface area contributed by atoms with Gasteiger partial charge in [0.05, 0.1) is 25.4 Å². The molecule has 7 nitrogen and oxygen atoms in total. The van der Waals surface area contributed by atoms with Crippen molar-refractivity contribution in [2.45, 2.75) is 38.8 Å². The summed E-state index contributed by atoms with van der Waals surface area (Å²) in [5.41, 5.74) is 2.08. The van der Waals surface area contributed by atoms with Crippen LogP contribution in [0.2, 0.25) is 0 Å². The van der Waals surface area contributed by atoms with Crippen LogP contribution < -0.4 is 5.32 Å². The minimum atomic E-state index is -0.434. The Morgan fingerprint density at radius 3 is 2.96 bits per heavy atom. The molecule has 3 heterocycles. The molecule has 0 aromatic carbocycles. The minimum Gasteiger partial charge on any atom is -0.465 e. The van der Waals surface area contributed by atoms with E-state index in [0.717, 1.165) is 19.7 Å². The summed E-state index contributed by atoms with van der Waals surface area (Å²) in [6.07, 6.45) is 2.44. The fourth-order valence-electron chi connectivity index (χ4n) is 3.69. The number of esters is 1. The highest BCUT2D eigenvalue weighted by atomic mass is 16.5. The third-order valence-corrected chi connectivity index (χ3v) is 5.01. The van der Waals surface area contributed by atoms with E-state index in [4.69, 9.17) is 9.47 Å². The van der Waals surface area contributed by atoms with E-state index in [2.05, 4.69) is 15.2 Å².